The van der Waals surface area contributed by atoms with E-state index in [-0.39, 0.29) is 5.41 Å². The maximum absolute atomic E-state index is 2.47. The van der Waals surface area contributed by atoms with E-state index in [1.165, 1.54) is 93.3 Å². The lowest BCUT2D eigenvalue weighted by molar-refractivity contribution is 0.592. The molecule has 0 radical (unpaired) electrons. The highest BCUT2D eigenvalue weighted by Gasteiger charge is 2.27. The number of nitrogens with zero attached hydrogens (tertiary/aromatic N) is 2. The summed E-state index contributed by atoms with van der Waals surface area (Å²) in [5.41, 5.74) is 13.8. The molecule has 0 spiro atoms. The fraction of sp³-hybridized carbons (Fsp3) is 0.0769. The van der Waals surface area contributed by atoms with Gasteiger partial charge in [0.1, 0.15) is 0 Å². The van der Waals surface area contributed by atoms with Crippen molar-refractivity contribution in [3.8, 4) is 27.9 Å². The second-order valence-electron chi connectivity index (χ2n) is 15.8. The summed E-state index contributed by atoms with van der Waals surface area (Å²) in [6.07, 6.45) is 0. The molecule has 1 aliphatic rings. The molecule has 0 unspecified atom stereocenters. The van der Waals surface area contributed by atoms with Gasteiger partial charge in [-0.1, -0.05) is 124 Å². The first-order chi connectivity index (χ1) is 26.4. The quantitative estimate of drug-likeness (QED) is 0.178. The fourth-order valence-electron chi connectivity index (χ4n) is 8.96. The predicted octanol–water partition coefficient (Wildman–Crippen LogP) is 14.7. The minimum Gasteiger partial charge on any atom is -0.310 e. The maximum atomic E-state index is 2.47. The van der Waals surface area contributed by atoms with Crippen LogP contribution in [0.5, 0.6) is 0 Å². The van der Waals surface area contributed by atoms with Crippen molar-refractivity contribution in [1.82, 2.24) is 4.57 Å². The summed E-state index contributed by atoms with van der Waals surface area (Å²) in [5, 5.41) is 10.1. The normalized spacial score (nSPS) is 12.4. The number of rotatable bonds is 4. The summed E-state index contributed by atoms with van der Waals surface area (Å²) < 4.78 is 2.41. The Bertz CT molecular complexity index is 3090. The summed E-state index contributed by atoms with van der Waals surface area (Å²) in [6.45, 7) is 6.95. The highest BCUT2D eigenvalue weighted by Crippen LogP contribution is 2.52. The molecule has 1 aliphatic carbocycles. The van der Waals surface area contributed by atoms with Gasteiger partial charge in [0, 0.05) is 33.2 Å². The van der Waals surface area contributed by atoms with Crippen LogP contribution in [0.25, 0.3) is 82.1 Å². The highest BCUT2D eigenvalue weighted by atomic mass is 15.1. The van der Waals surface area contributed by atoms with E-state index in [1.807, 2.05) is 0 Å². The Morgan fingerprint density at radius 3 is 1.56 bits per heavy atom. The van der Waals surface area contributed by atoms with Gasteiger partial charge in [-0.25, -0.2) is 0 Å². The first-order valence-corrected chi connectivity index (χ1v) is 18.9. The van der Waals surface area contributed by atoms with Gasteiger partial charge in [-0.2, -0.15) is 0 Å². The highest BCUT2D eigenvalue weighted by molar-refractivity contribution is 6.13. The third-order valence-electron chi connectivity index (χ3n) is 11.5. The molecule has 11 rings (SSSR count). The molecule has 256 valence electrons. The number of para-hydroxylation sites is 3. The van der Waals surface area contributed by atoms with Gasteiger partial charge in [0.05, 0.1) is 16.7 Å². The Balaban J connectivity index is 1.04. The molecular formula is C52H38N2. The predicted molar refractivity (Wildman–Crippen MR) is 231 cm³/mol. The van der Waals surface area contributed by atoms with Crippen molar-refractivity contribution in [2.45, 2.75) is 26.2 Å². The Hall–Kier alpha value is -6.64. The number of benzene rings is 9. The first kappa shape index (κ1) is 30.9. The van der Waals surface area contributed by atoms with Gasteiger partial charge in [0.25, 0.3) is 0 Å². The number of fused-ring (bicyclic) bond motifs is 10. The molecule has 0 atom stereocenters. The molecular weight excluding hydrogens is 653 g/mol. The second kappa shape index (κ2) is 11.4. The lowest BCUT2D eigenvalue weighted by Crippen LogP contribution is -2.19. The number of anilines is 3. The zero-order chi connectivity index (χ0) is 36.1. The molecule has 2 nitrogen and oxygen atoms in total. The molecule has 0 bridgehead atoms. The van der Waals surface area contributed by atoms with E-state index in [0.717, 1.165) is 11.4 Å². The van der Waals surface area contributed by atoms with Crippen LogP contribution in [0.2, 0.25) is 0 Å². The summed E-state index contributed by atoms with van der Waals surface area (Å²) in [5.74, 6) is 0. The van der Waals surface area contributed by atoms with E-state index < -0.39 is 0 Å². The van der Waals surface area contributed by atoms with Crippen molar-refractivity contribution >= 4 is 71.2 Å². The molecule has 1 aromatic heterocycles. The van der Waals surface area contributed by atoms with Crippen LogP contribution in [0.1, 0.15) is 26.3 Å². The maximum Gasteiger partial charge on any atom is 0.0577 e. The number of aromatic nitrogens is 1. The van der Waals surface area contributed by atoms with Crippen LogP contribution in [0, 0.1) is 0 Å². The van der Waals surface area contributed by atoms with Crippen molar-refractivity contribution in [2.24, 2.45) is 0 Å². The van der Waals surface area contributed by atoms with Crippen LogP contribution >= 0.6 is 0 Å². The van der Waals surface area contributed by atoms with Crippen molar-refractivity contribution in [1.29, 1.82) is 0 Å². The van der Waals surface area contributed by atoms with E-state index >= 15 is 0 Å². The third-order valence-corrected chi connectivity index (χ3v) is 11.5. The Morgan fingerprint density at radius 2 is 0.907 bits per heavy atom. The summed E-state index contributed by atoms with van der Waals surface area (Å²) in [6, 6.07) is 65.2. The van der Waals surface area contributed by atoms with Gasteiger partial charge in [0.15, 0.2) is 0 Å². The van der Waals surface area contributed by atoms with Gasteiger partial charge in [-0.05, 0) is 133 Å². The molecule has 9 aromatic carbocycles. The summed E-state index contributed by atoms with van der Waals surface area (Å²) >= 11 is 0. The molecule has 1 heterocycles. The SMILES string of the molecule is CC(C)(C)c1ccc2ccccc2c1N(c1ccccc1)c1ccc2cc3c(cc2c1)-c1cc2ccc(-n4c5ccccc5c5ccccc54)cc2cc1-3. The average Bonchev–Trinajstić information content (AvgIpc) is 3.54. The molecule has 54 heavy (non-hydrogen) atoms. The Labute approximate surface area is 315 Å². The fourth-order valence-corrected chi connectivity index (χ4v) is 8.96. The van der Waals surface area contributed by atoms with Crippen molar-refractivity contribution in [3.05, 3.63) is 181 Å². The molecule has 2 heteroatoms. The van der Waals surface area contributed by atoms with Gasteiger partial charge >= 0.3 is 0 Å². The van der Waals surface area contributed by atoms with Crippen LogP contribution in [-0.2, 0) is 5.41 Å². The molecule has 0 aliphatic heterocycles. The van der Waals surface area contributed by atoms with Crippen molar-refractivity contribution in [2.75, 3.05) is 4.90 Å². The smallest absolute Gasteiger partial charge is 0.0577 e. The first-order valence-electron chi connectivity index (χ1n) is 18.9. The van der Waals surface area contributed by atoms with Gasteiger partial charge in [-0.3, -0.25) is 0 Å². The van der Waals surface area contributed by atoms with Crippen LogP contribution in [0.4, 0.5) is 17.1 Å². The van der Waals surface area contributed by atoms with Crippen LogP contribution < -0.4 is 4.90 Å². The van der Waals surface area contributed by atoms with Gasteiger partial charge < -0.3 is 9.47 Å². The van der Waals surface area contributed by atoms with Crippen LogP contribution in [0.15, 0.2) is 176 Å². The van der Waals surface area contributed by atoms with Crippen molar-refractivity contribution < 1.29 is 0 Å². The van der Waals surface area contributed by atoms with Crippen molar-refractivity contribution in [3.63, 3.8) is 0 Å². The third kappa shape index (κ3) is 4.60. The van der Waals surface area contributed by atoms with E-state index in [9.17, 15) is 0 Å². The molecule has 10 aromatic rings. The van der Waals surface area contributed by atoms with Gasteiger partial charge in [0.2, 0.25) is 0 Å². The zero-order valence-corrected chi connectivity index (χ0v) is 30.6. The molecule has 0 fully saturated rings. The topological polar surface area (TPSA) is 8.17 Å². The Kier molecular flexibility index (Phi) is 6.55. The minimum absolute atomic E-state index is 0.0527. The van der Waals surface area contributed by atoms with E-state index in [1.54, 1.807) is 0 Å². The second-order valence-corrected chi connectivity index (χ2v) is 15.8. The minimum atomic E-state index is -0.0527. The Morgan fingerprint density at radius 1 is 0.389 bits per heavy atom. The molecule has 0 saturated carbocycles. The summed E-state index contributed by atoms with van der Waals surface area (Å²) in [7, 11) is 0. The molecule has 0 N–H and O–H groups in total. The number of hydrogen-bond acceptors (Lipinski definition) is 1. The number of hydrogen-bond donors (Lipinski definition) is 0. The lowest BCUT2D eigenvalue weighted by Gasteiger charge is -2.33. The van der Waals surface area contributed by atoms with E-state index in [2.05, 4.69) is 206 Å². The summed E-state index contributed by atoms with van der Waals surface area (Å²) in [4.78, 5) is 2.47. The average molecular weight is 691 g/mol. The molecule has 0 amide bonds. The van der Waals surface area contributed by atoms with Crippen LogP contribution in [0.3, 0.4) is 0 Å². The van der Waals surface area contributed by atoms with Crippen LogP contribution in [-0.4, -0.2) is 4.57 Å². The molecule has 0 saturated heterocycles. The lowest BCUT2D eigenvalue weighted by atomic mass is 9.78. The van der Waals surface area contributed by atoms with E-state index in [4.69, 9.17) is 0 Å². The van der Waals surface area contributed by atoms with E-state index in [0.29, 0.717) is 0 Å². The zero-order valence-electron chi connectivity index (χ0n) is 30.6. The largest absolute Gasteiger partial charge is 0.310 e. The monoisotopic (exact) mass is 690 g/mol. The van der Waals surface area contributed by atoms with Gasteiger partial charge in [-0.15, -0.1) is 0 Å². The standard InChI is InChI=1S/C52H38N2/c1-52(2,3)48-26-23-33-13-7-8-16-41(33)51(48)53(38-14-5-4-6-15-38)39-24-21-34-29-44-46(31-36(34)27-39)45-30-35-22-25-40(28-37(35)32-47(44)45)54-49-19-11-9-17-42(49)43-18-10-12-20-50(43)54/h4-32H,1-3H3.